The molecular weight excluding hydrogens is 292 g/mol. The molecule has 0 saturated heterocycles. The Morgan fingerprint density at radius 2 is 1.58 bits per heavy atom. The molecule has 2 heterocycles. The van der Waals surface area contributed by atoms with Gasteiger partial charge in [0, 0.05) is 16.6 Å². The van der Waals surface area contributed by atoms with Crippen molar-refractivity contribution in [2.24, 2.45) is 0 Å². The second kappa shape index (κ2) is 6.06. The summed E-state index contributed by atoms with van der Waals surface area (Å²) in [6.07, 6.45) is 0. The van der Waals surface area contributed by atoms with Gasteiger partial charge in [0.1, 0.15) is 5.82 Å². The number of hydrogen-bond donors (Lipinski definition) is 0. The van der Waals surface area contributed by atoms with Gasteiger partial charge < -0.3 is 0 Å². The van der Waals surface area contributed by atoms with Crippen molar-refractivity contribution in [1.29, 1.82) is 0 Å². The fourth-order valence-electron chi connectivity index (χ4n) is 2.80. The van der Waals surface area contributed by atoms with Crippen LogP contribution in [0.25, 0.3) is 16.7 Å². The lowest BCUT2D eigenvalue weighted by molar-refractivity contribution is 1.00. The molecule has 0 radical (unpaired) electrons. The number of aromatic nitrogens is 2. The summed E-state index contributed by atoms with van der Waals surface area (Å²) in [5.74, 6) is 7.45. The van der Waals surface area contributed by atoms with E-state index in [0.29, 0.717) is 0 Å². The van der Waals surface area contributed by atoms with E-state index in [1.807, 2.05) is 67.6 Å². The van der Waals surface area contributed by atoms with Gasteiger partial charge in [0.05, 0.1) is 11.2 Å². The van der Waals surface area contributed by atoms with E-state index in [0.717, 1.165) is 33.7 Å². The zero-order valence-electron chi connectivity index (χ0n) is 13.4. The van der Waals surface area contributed by atoms with Crippen LogP contribution in [0.15, 0.2) is 78.9 Å². The summed E-state index contributed by atoms with van der Waals surface area (Å²) in [4.78, 5) is 4.68. The van der Waals surface area contributed by atoms with Gasteiger partial charge in [-0.15, -0.1) is 0 Å². The number of rotatable bonds is 1. The van der Waals surface area contributed by atoms with Crippen LogP contribution in [0.3, 0.4) is 0 Å². The molecule has 0 spiro atoms. The lowest BCUT2D eigenvalue weighted by atomic mass is 10.2. The van der Waals surface area contributed by atoms with Gasteiger partial charge in [-0.05, 0) is 49.2 Å². The van der Waals surface area contributed by atoms with Crippen molar-refractivity contribution >= 4 is 10.9 Å². The van der Waals surface area contributed by atoms with Crippen molar-refractivity contribution < 1.29 is 0 Å². The minimum absolute atomic E-state index is 0.897. The smallest absolute Gasteiger partial charge is 0.138 e. The number of aryl methyl sites for hydroxylation is 1. The Bertz CT molecular complexity index is 1060. The third-order valence-corrected chi connectivity index (χ3v) is 3.92. The maximum absolute atomic E-state index is 4.68. The SMILES string of the molecule is Cc1cccc(-n2c(C#Cc3ccccc3)cc3ccccc32)n1. The summed E-state index contributed by atoms with van der Waals surface area (Å²) < 4.78 is 2.12. The highest BCUT2D eigenvalue weighted by molar-refractivity contribution is 5.84. The van der Waals surface area contributed by atoms with Gasteiger partial charge in [0.15, 0.2) is 0 Å². The predicted molar refractivity (Wildman–Crippen MR) is 98.2 cm³/mol. The summed E-state index contributed by atoms with van der Waals surface area (Å²) in [5, 5.41) is 1.16. The van der Waals surface area contributed by atoms with Crippen LogP contribution < -0.4 is 0 Å². The molecule has 114 valence electrons. The molecule has 2 aromatic carbocycles. The van der Waals surface area contributed by atoms with Gasteiger partial charge in [0.25, 0.3) is 0 Å². The first-order valence-corrected chi connectivity index (χ1v) is 7.93. The second-order valence-electron chi connectivity index (χ2n) is 5.68. The average molecular weight is 308 g/mol. The van der Waals surface area contributed by atoms with Crippen molar-refractivity contribution in [3.8, 4) is 17.7 Å². The normalized spacial score (nSPS) is 10.4. The molecular formula is C22H16N2. The quantitative estimate of drug-likeness (QED) is 0.465. The van der Waals surface area contributed by atoms with Crippen molar-refractivity contribution in [2.45, 2.75) is 6.92 Å². The summed E-state index contributed by atoms with van der Waals surface area (Å²) >= 11 is 0. The van der Waals surface area contributed by atoms with Crippen LogP contribution in [0.1, 0.15) is 17.0 Å². The Labute approximate surface area is 141 Å². The summed E-state index contributed by atoms with van der Waals surface area (Å²) in [6, 6.07) is 26.5. The number of pyridine rings is 1. The molecule has 0 amide bonds. The standard InChI is InChI=1S/C22H16N2/c1-17-8-7-13-22(23-17)24-20(15-14-18-9-3-2-4-10-18)16-19-11-5-6-12-21(19)24/h2-13,16H,1H3. The zero-order chi connectivity index (χ0) is 16.4. The van der Waals surface area contributed by atoms with Gasteiger partial charge in [0.2, 0.25) is 0 Å². The molecule has 0 saturated carbocycles. The fraction of sp³-hybridized carbons (Fsp3) is 0.0455. The van der Waals surface area contributed by atoms with E-state index >= 15 is 0 Å². The zero-order valence-corrected chi connectivity index (χ0v) is 13.4. The van der Waals surface area contributed by atoms with E-state index in [2.05, 4.69) is 39.6 Å². The maximum atomic E-state index is 4.68. The number of hydrogen-bond acceptors (Lipinski definition) is 1. The predicted octanol–water partition coefficient (Wildman–Crippen LogP) is 4.73. The van der Waals surface area contributed by atoms with Crippen LogP contribution in [0.4, 0.5) is 0 Å². The molecule has 4 rings (SSSR count). The maximum Gasteiger partial charge on any atom is 0.138 e. The van der Waals surface area contributed by atoms with E-state index < -0.39 is 0 Å². The van der Waals surface area contributed by atoms with E-state index in [1.165, 1.54) is 0 Å². The Balaban J connectivity index is 1.93. The molecule has 0 atom stereocenters. The molecule has 2 nitrogen and oxygen atoms in total. The van der Waals surface area contributed by atoms with Crippen LogP contribution in [0, 0.1) is 18.8 Å². The highest BCUT2D eigenvalue weighted by Gasteiger charge is 2.09. The average Bonchev–Trinajstić information content (AvgIpc) is 2.99. The molecule has 0 N–H and O–H groups in total. The van der Waals surface area contributed by atoms with Crippen molar-refractivity contribution in [3.05, 3.63) is 95.8 Å². The van der Waals surface area contributed by atoms with Crippen molar-refractivity contribution in [1.82, 2.24) is 9.55 Å². The summed E-state index contributed by atoms with van der Waals surface area (Å²) in [5.41, 5.74) is 4.06. The Morgan fingerprint density at radius 1 is 0.792 bits per heavy atom. The lowest BCUT2D eigenvalue weighted by Crippen LogP contribution is -2.00. The molecule has 0 bridgehead atoms. The molecule has 2 heteroatoms. The van der Waals surface area contributed by atoms with Crippen LogP contribution in [0.2, 0.25) is 0 Å². The number of benzene rings is 2. The van der Waals surface area contributed by atoms with Gasteiger partial charge in [-0.25, -0.2) is 4.98 Å². The molecule has 0 aliphatic carbocycles. The molecule has 0 unspecified atom stereocenters. The molecule has 4 aromatic rings. The van der Waals surface area contributed by atoms with Crippen molar-refractivity contribution in [3.63, 3.8) is 0 Å². The molecule has 0 aliphatic rings. The fourth-order valence-corrected chi connectivity index (χ4v) is 2.80. The topological polar surface area (TPSA) is 17.8 Å². The molecule has 0 aliphatic heterocycles. The number of nitrogens with zero attached hydrogens (tertiary/aromatic N) is 2. The molecule has 24 heavy (non-hydrogen) atoms. The Hall–Kier alpha value is -3.31. The summed E-state index contributed by atoms with van der Waals surface area (Å²) in [6.45, 7) is 2.00. The largest absolute Gasteiger partial charge is 0.287 e. The van der Waals surface area contributed by atoms with E-state index in [1.54, 1.807) is 0 Å². The Kier molecular flexibility index (Phi) is 3.61. The van der Waals surface area contributed by atoms with E-state index in [9.17, 15) is 0 Å². The minimum atomic E-state index is 0.897. The van der Waals surface area contributed by atoms with Gasteiger partial charge in [-0.2, -0.15) is 0 Å². The van der Waals surface area contributed by atoms with Gasteiger partial charge >= 0.3 is 0 Å². The Morgan fingerprint density at radius 3 is 2.42 bits per heavy atom. The third kappa shape index (κ3) is 2.68. The van der Waals surface area contributed by atoms with Gasteiger partial charge in [-0.1, -0.05) is 48.4 Å². The third-order valence-electron chi connectivity index (χ3n) is 3.92. The second-order valence-corrected chi connectivity index (χ2v) is 5.68. The first-order valence-electron chi connectivity index (χ1n) is 7.93. The highest BCUT2D eigenvalue weighted by atomic mass is 15.1. The molecule has 2 aromatic heterocycles. The minimum Gasteiger partial charge on any atom is -0.287 e. The number of para-hydroxylation sites is 1. The van der Waals surface area contributed by atoms with E-state index in [4.69, 9.17) is 0 Å². The van der Waals surface area contributed by atoms with E-state index in [-0.39, 0.29) is 0 Å². The molecule has 0 fully saturated rings. The van der Waals surface area contributed by atoms with Crippen LogP contribution >= 0.6 is 0 Å². The summed E-state index contributed by atoms with van der Waals surface area (Å²) in [7, 11) is 0. The van der Waals surface area contributed by atoms with Crippen LogP contribution in [-0.4, -0.2) is 9.55 Å². The van der Waals surface area contributed by atoms with Crippen LogP contribution in [0.5, 0.6) is 0 Å². The monoisotopic (exact) mass is 308 g/mol. The van der Waals surface area contributed by atoms with Crippen LogP contribution in [-0.2, 0) is 0 Å². The highest BCUT2D eigenvalue weighted by Crippen LogP contribution is 2.23. The van der Waals surface area contributed by atoms with Gasteiger partial charge in [-0.3, -0.25) is 4.57 Å². The first kappa shape index (κ1) is 14.3. The number of fused-ring (bicyclic) bond motifs is 1. The lowest BCUT2D eigenvalue weighted by Gasteiger charge is -2.07. The first-order chi connectivity index (χ1) is 11.8. The van der Waals surface area contributed by atoms with Crippen molar-refractivity contribution in [2.75, 3.05) is 0 Å².